The lowest BCUT2D eigenvalue weighted by Gasteiger charge is -2.07. The highest BCUT2D eigenvalue weighted by atomic mass is 16.7. The Bertz CT molecular complexity index is 2510. The minimum atomic E-state index is -0.826. The third kappa shape index (κ3) is 10.1. The smallest absolute Gasteiger partial charge is 0.453 e. The summed E-state index contributed by atoms with van der Waals surface area (Å²) in [5.74, 6) is 0.624. The molecule has 264 valence electrons. The molecule has 11 nitrogen and oxygen atoms in total. The van der Waals surface area contributed by atoms with Crippen molar-refractivity contribution in [3.63, 3.8) is 0 Å². The van der Waals surface area contributed by atoms with Gasteiger partial charge in [-0.2, -0.15) is 0 Å². The van der Waals surface area contributed by atoms with E-state index in [0.717, 1.165) is 22.1 Å². The van der Waals surface area contributed by atoms with Crippen LogP contribution in [0.25, 0.3) is 45.7 Å². The van der Waals surface area contributed by atoms with E-state index in [0.29, 0.717) is 33.8 Å². The Kier molecular flexibility index (Phi) is 11.5. The molecule has 0 saturated carbocycles. The molecule has 11 heteroatoms. The van der Waals surface area contributed by atoms with Gasteiger partial charge in [0.05, 0.1) is 0 Å². The molecule has 1 aromatic heterocycles. The number of aromatic nitrogens is 1. The Hall–Kier alpha value is -7.27. The van der Waals surface area contributed by atoms with Crippen LogP contribution in [0.3, 0.4) is 0 Å². The van der Waals surface area contributed by atoms with Crippen LogP contribution in [-0.4, -0.2) is 30.4 Å². The zero-order chi connectivity index (χ0) is 37.0. The van der Waals surface area contributed by atoms with Crippen LogP contribution in [0.1, 0.15) is 16.7 Å². The molecule has 0 spiro atoms. The van der Waals surface area contributed by atoms with Gasteiger partial charge in [-0.25, -0.2) is 19.4 Å². The van der Waals surface area contributed by atoms with Gasteiger partial charge >= 0.3 is 17.9 Å². The summed E-state index contributed by atoms with van der Waals surface area (Å²) in [5, 5.41) is 3.44. The van der Waals surface area contributed by atoms with Crippen LogP contribution in [0.5, 0.6) is 5.75 Å². The second-order valence-corrected chi connectivity index (χ2v) is 11.4. The highest BCUT2D eigenvalue weighted by Crippen LogP contribution is 2.27. The summed E-state index contributed by atoms with van der Waals surface area (Å²) in [6.45, 7) is 2.08. The fourth-order valence-electron chi connectivity index (χ4n) is 5.07. The number of amides is 1. The van der Waals surface area contributed by atoms with Crippen molar-refractivity contribution >= 4 is 52.2 Å². The van der Waals surface area contributed by atoms with Crippen LogP contribution >= 0.6 is 0 Å². The van der Waals surface area contributed by atoms with E-state index in [4.69, 9.17) is 23.0 Å². The van der Waals surface area contributed by atoms with Gasteiger partial charge in [0.1, 0.15) is 35.8 Å². The molecule has 1 aliphatic heterocycles. The Balaban J connectivity index is 0.000000183. The van der Waals surface area contributed by atoms with Gasteiger partial charge in [0.2, 0.25) is 0 Å². The van der Waals surface area contributed by atoms with Crippen LogP contribution < -0.4 is 21.1 Å². The van der Waals surface area contributed by atoms with Crippen molar-refractivity contribution in [1.29, 1.82) is 0 Å². The maximum Gasteiger partial charge on any atom is 0.514 e. The van der Waals surface area contributed by atoms with Gasteiger partial charge in [-0.05, 0) is 72.2 Å². The third-order valence-electron chi connectivity index (χ3n) is 7.55. The Morgan fingerprint density at radius 3 is 2.13 bits per heavy atom. The van der Waals surface area contributed by atoms with Crippen molar-refractivity contribution < 1.29 is 32.6 Å². The van der Waals surface area contributed by atoms with Crippen molar-refractivity contribution in [2.24, 2.45) is 0 Å². The molecule has 0 fully saturated rings. The highest BCUT2D eigenvalue weighted by molar-refractivity contribution is 5.90. The zero-order valence-electron chi connectivity index (χ0n) is 28.4. The normalized spacial score (nSPS) is 11.0. The molecular formula is C42H32N2O9. The molecule has 1 aliphatic carbocycles. The molecule has 2 aliphatic rings. The lowest BCUT2D eigenvalue weighted by atomic mass is 10.1. The summed E-state index contributed by atoms with van der Waals surface area (Å²) in [6.07, 6.45) is 5.81. The number of hydrogen-bond acceptors (Lipinski definition) is 10. The van der Waals surface area contributed by atoms with E-state index >= 15 is 0 Å². The van der Waals surface area contributed by atoms with Crippen molar-refractivity contribution in [2.45, 2.75) is 6.92 Å². The van der Waals surface area contributed by atoms with Gasteiger partial charge in [-0.15, -0.1) is 0 Å². The third-order valence-corrected chi connectivity index (χ3v) is 7.55. The van der Waals surface area contributed by atoms with Crippen LogP contribution in [0.15, 0.2) is 152 Å². The number of fused-ring (bicyclic) bond motifs is 3. The van der Waals surface area contributed by atoms with E-state index in [2.05, 4.69) is 10.3 Å². The predicted molar refractivity (Wildman–Crippen MR) is 202 cm³/mol. The number of nitrogens with one attached hydrogen (secondary N) is 1. The maximum absolute atomic E-state index is 11.9. The number of hydrogen-bond donors (Lipinski definition) is 1. The van der Waals surface area contributed by atoms with Gasteiger partial charge in [-0.3, -0.25) is 10.1 Å². The van der Waals surface area contributed by atoms with Crippen LogP contribution in [0.2, 0.25) is 0 Å². The van der Waals surface area contributed by atoms with E-state index in [-0.39, 0.29) is 24.4 Å². The summed E-state index contributed by atoms with van der Waals surface area (Å²) < 4.78 is 26.1. The molecule has 53 heavy (non-hydrogen) atoms. The maximum atomic E-state index is 11.9. The SMILES string of the molecule is Cc1cc(=O)oc2cc(NC(=O)OC/C=C/c3ccccc3)ccc12.O=C(OC/C=C/c1ccccc1)Oc1ccc2nc3ccc(=O)cc-3oc2c1. The number of carbonyl (C=O) groups is 2. The average molecular weight is 709 g/mol. The summed E-state index contributed by atoms with van der Waals surface area (Å²) >= 11 is 0. The fraction of sp³-hybridized carbons (Fsp3) is 0.0714. The quantitative estimate of drug-likeness (QED) is 0.0702. The molecule has 2 heterocycles. The number of carbonyl (C=O) groups excluding carboxylic acids is 2. The summed E-state index contributed by atoms with van der Waals surface area (Å²) in [4.78, 5) is 51.0. The topological polar surface area (TPSA) is 147 Å². The Morgan fingerprint density at radius 2 is 1.42 bits per heavy atom. The first kappa shape index (κ1) is 35.6. The zero-order valence-corrected chi connectivity index (χ0v) is 28.4. The number of rotatable bonds is 8. The highest BCUT2D eigenvalue weighted by Gasteiger charge is 2.12. The molecule has 0 saturated heterocycles. The van der Waals surface area contributed by atoms with Gasteiger partial charge in [0, 0.05) is 35.3 Å². The number of ether oxygens (including phenoxy) is 3. The fourth-order valence-corrected chi connectivity index (χ4v) is 5.07. The summed E-state index contributed by atoms with van der Waals surface area (Å²) in [5.41, 5.74) is 4.75. The minimum Gasteiger partial charge on any atom is -0.453 e. The summed E-state index contributed by atoms with van der Waals surface area (Å²) in [7, 11) is 0. The van der Waals surface area contributed by atoms with E-state index in [1.165, 1.54) is 24.3 Å². The molecular weight excluding hydrogens is 676 g/mol. The largest absolute Gasteiger partial charge is 0.514 e. The van der Waals surface area contributed by atoms with Gasteiger partial charge in [-0.1, -0.05) is 72.8 Å². The molecule has 4 aromatic carbocycles. The molecule has 1 N–H and O–H groups in total. The van der Waals surface area contributed by atoms with Crippen LogP contribution in [-0.2, 0) is 9.47 Å². The molecule has 0 bridgehead atoms. The van der Waals surface area contributed by atoms with E-state index in [1.54, 1.807) is 48.6 Å². The summed E-state index contributed by atoms with van der Waals surface area (Å²) in [6, 6.07) is 35.2. The second kappa shape index (κ2) is 17.1. The first-order valence-corrected chi connectivity index (χ1v) is 16.4. The van der Waals surface area contributed by atoms with Gasteiger partial charge in [0.15, 0.2) is 16.8 Å². The number of aryl methyl sites for hydroxylation is 1. The van der Waals surface area contributed by atoms with Crippen molar-refractivity contribution in [1.82, 2.24) is 4.98 Å². The Labute approximate surface area is 302 Å². The van der Waals surface area contributed by atoms with Crippen molar-refractivity contribution in [3.8, 4) is 17.2 Å². The van der Waals surface area contributed by atoms with Crippen LogP contribution in [0, 0.1) is 6.92 Å². The number of nitrogens with zero attached hydrogens (tertiary/aromatic N) is 1. The lowest BCUT2D eigenvalue weighted by molar-refractivity contribution is 0.110. The average Bonchev–Trinajstić information content (AvgIpc) is 3.15. The minimum absolute atomic E-state index is 0.0875. The van der Waals surface area contributed by atoms with Crippen molar-refractivity contribution in [2.75, 3.05) is 18.5 Å². The van der Waals surface area contributed by atoms with E-state index in [1.807, 2.05) is 79.7 Å². The first-order valence-electron chi connectivity index (χ1n) is 16.4. The van der Waals surface area contributed by atoms with Crippen LogP contribution in [0.4, 0.5) is 15.3 Å². The number of benzene rings is 5. The van der Waals surface area contributed by atoms with E-state index < -0.39 is 17.9 Å². The van der Waals surface area contributed by atoms with Gasteiger partial charge < -0.3 is 23.0 Å². The molecule has 0 radical (unpaired) electrons. The predicted octanol–water partition coefficient (Wildman–Crippen LogP) is 8.88. The first-order chi connectivity index (χ1) is 25.8. The molecule has 0 atom stereocenters. The van der Waals surface area contributed by atoms with Gasteiger partial charge in [0.25, 0.3) is 0 Å². The molecule has 7 rings (SSSR count). The Morgan fingerprint density at radius 1 is 0.717 bits per heavy atom. The molecule has 1 amide bonds. The second-order valence-electron chi connectivity index (χ2n) is 11.4. The van der Waals surface area contributed by atoms with E-state index in [9.17, 15) is 19.2 Å². The molecule has 5 aromatic rings. The van der Waals surface area contributed by atoms with Crippen molar-refractivity contribution in [3.05, 3.63) is 171 Å². The lowest BCUT2D eigenvalue weighted by Crippen LogP contribution is -2.13. The monoisotopic (exact) mass is 708 g/mol. The number of anilines is 1. The standard InChI is InChI=1S/C22H15NO5.C20H17NO4/c24-16-8-10-18-20(13-16)28-21-14-17(9-11-19(21)23-18)27-22(25)26-12-4-7-15-5-2-1-3-6-15;1-14-12-19(22)25-18-13-16(9-10-17(14)18)21-20(23)24-11-5-8-15-6-3-2-4-7-15/h1-11,13-14H,12H2;2-10,12-13H,11H2,1H3,(H,21,23)/b7-4+;8-5+. The molecule has 0 unspecified atom stereocenters.